The Kier molecular flexibility index (Phi) is 5.93. The number of carbonyl (C=O) groups is 2. The van der Waals surface area contributed by atoms with Gasteiger partial charge in [-0.3, -0.25) is 9.59 Å². The van der Waals surface area contributed by atoms with Gasteiger partial charge in [0.25, 0.3) is 5.91 Å². The smallest absolute Gasteiger partial charge is 0.254 e. The van der Waals surface area contributed by atoms with Gasteiger partial charge in [-0.15, -0.1) is 0 Å². The van der Waals surface area contributed by atoms with Crippen molar-refractivity contribution in [3.63, 3.8) is 0 Å². The first kappa shape index (κ1) is 23.5. The number of allylic oxidation sites excluding steroid dienone is 3. The zero-order valence-electron chi connectivity index (χ0n) is 19.4. The number of ether oxygens (including phenoxy) is 1. The van der Waals surface area contributed by atoms with Crippen molar-refractivity contribution in [3.8, 4) is 11.5 Å². The van der Waals surface area contributed by atoms with Crippen molar-refractivity contribution in [1.29, 1.82) is 0 Å². The first-order valence-corrected chi connectivity index (χ1v) is 10.9. The average Bonchev–Trinajstić information content (AvgIpc) is 2.74. The van der Waals surface area contributed by atoms with E-state index in [1.54, 1.807) is 19.1 Å². The van der Waals surface area contributed by atoms with Crippen LogP contribution in [0.15, 0.2) is 58.9 Å². The SMILES string of the molecule is COc1cc([C@H]2C(C(=O)Nc3ccc(F)cc3F)=C(C)NC3=C2C(=O)CC(C)(C)C3)ccc1O. The Bertz CT molecular complexity index is 1260. The van der Waals surface area contributed by atoms with Crippen LogP contribution >= 0.6 is 0 Å². The molecular formula is C26H26F2N2O4. The summed E-state index contributed by atoms with van der Waals surface area (Å²) in [5.74, 6) is -3.04. The molecule has 4 rings (SSSR count). The Morgan fingerprint density at radius 3 is 2.59 bits per heavy atom. The lowest BCUT2D eigenvalue weighted by Crippen LogP contribution is -2.39. The van der Waals surface area contributed by atoms with Crippen LogP contribution in [0.25, 0.3) is 0 Å². The molecule has 0 spiro atoms. The van der Waals surface area contributed by atoms with E-state index in [-0.39, 0.29) is 34.0 Å². The van der Waals surface area contributed by atoms with Crippen LogP contribution in [0.1, 0.15) is 45.1 Å². The second kappa shape index (κ2) is 8.59. The summed E-state index contributed by atoms with van der Waals surface area (Å²) < 4.78 is 32.8. The molecule has 0 radical (unpaired) electrons. The molecule has 178 valence electrons. The lowest BCUT2D eigenvalue weighted by molar-refractivity contribution is -0.118. The number of rotatable bonds is 4. The van der Waals surface area contributed by atoms with Crippen LogP contribution in [-0.4, -0.2) is 23.9 Å². The highest BCUT2D eigenvalue weighted by Crippen LogP contribution is 2.47. The summed E-state index contributed by atoms with van der Waals surface area (Å²) in [6.07, 6.45) is 0.915. The number of aromatic hydroxyl groups is 1. The molecule has 1 heterocycles. The van der Waals surface area contributed by atoms with E-state index in [4.69, 9.17) is 4.74 Å². The van der Waals surface area contributed by atoms with Gasteiger partial charge in [0.15, 0.2) is 17.3 Å². The third-order valence-electron chi connectivity index (χ3n) is 6.20. The van der Waals surface area contributed by atoms with Gasteiger partial charge in [-0.25, -0.2) is 8.78 Å². The molecule has 1 amide bonds. The van der Waals surface area contributed by atoms with Gasteiger partial charge in [-0.05, 0) is 48.6 Å². The van der Waals surface area contributed by atoms with Gasteiger partial charge < -0.3 is 20.5 Å². The molecule has 2 aromatic rings. The fourth-order valence-electron chi connectivity index (χ4n) is 4.72. The maximum absolute atomic E-state index is 14.3. The number of hydrogen-bond donors (Lipinski definition) is 3. The number of halogens is 2. The van der Waals surface area contributed by atoms with Crippen LogP contribution in [0.3, 0.4) is 0 Å². The predicted molar refractivity (Wildman–Crippen MR) is 123 cm³/mol. The van der Waals surface area contributed by atoms with E-state index < -0.39 is 23.5 Å². The van der Waals surface area contributed by atoms with Crippen molar-refractivity contribution in [2.24, 2.45) is 5.41 Å². The summed E-state index contributed by atoms with van der Waals surface area (Å²) in [6, 6.07) is 7.54. The highest BCUT2D eigenvalue weighted by molar-refractivity contribution is 6.10. The van der Waals surface area contributed by atoms with Crippen molar-refractivity contribution >= 4 is 17.4 Å². The van der Waals surface area contributed by atoms with Gasteiger partial charge in [-0.2, -0.15) is 0 Å². The van der Waals surface area contributed by atoms with Crippen LogP contribution in [-0.2, 0) is 9.59 Å². The topological polar surface area (TPSA) is 87.7 Å². The van der Waals surface area contributed by atoms with Crippen LogP contribution in [0.5, 0.6) is 11.5 Å². The monoisotopic (exact) mass is 468 g/mol. The number of carbonyl (C=O) groups excluding carboxylic acids is 2. The molecule has 3 N–H and O–H groups in total. The lowest BCUT2D eigenvalue weighted by Gasteiger charge is -2.39. The summed E-state index contributed by atoms with van der Waals surface area (Å²) >= 11 is 0. The van der Waals surface area contributed by atoms with Crippen LogP contribution in [0, 0.1) is 17.0 Å². The molecule has 0 bridgehead atoms. The number of hydrogen-bond acceptors (Lipinski definition) is 5. The molecule has 2 aromatic carbocycles. The summed E-state index contributed by atoms with van der Waals surface area (Å²) in [5.41, 5.74) is 2.08. The number of phenolic OH excluding ortho intramolecular Hbond substituents is 1. The van der Waals surface area contributed by atoms with E-state index in [9.17, 15) is 23.5 Å². The number of benzene rings is 2. The molecule has 1 aliphatic carbocycles. The Balaban J connectivity index is 1.84. The number of amides is 1. The fourth-order valence-corrected chi connectivity index (χ4v) is 4.72. The summed E-state index contributed by atoms with van der Waals surface area (Å²) in [5, 5.41) is 15.8. The molecule has 0 aromatic heterocycles. The van der Waals surface area contributed by atoms with Crippen LogP contribution < -0.4 is 15.4 Å². The second-order valence-electron chi connectivity index (χ2n) is 9.44. The summed E-state index contributed by atoms with van der Waals surface area (Å²) in [4.78, 5) is 26.8. The van der Waals surface area contributed by atoms with Gasteiger partial charge in [0.1, 0.15) is 11.6 Å². The van der Waals surface area contributed by atoms with Crippen molar-refractivity contribution in [3.05, 3.63) is 76.1 Å². The summed E-state index contributed by atoms with van der Waals surface area (Å²) in [6.45, 7) is 5.73. The van der Waals surface area contributed by atoms with E-state index in [0.717, 1.165) is 17.8 Å². The van der Waals surface area contributed by atoms with Gasteiger partial charge in [0.2, 0.25) is 0 Å². The first-order chi connectivity index (χ1) is 16.0. The van der Waals surface area contributed by atoms with E-state index in [2.05, 4.69) is 10.6 Å². The Morgan fingerprint density at radius 2 is 1.91 bits per heavy atom. The minimum atomic E-state index is -0.909. The van der Waals surface area contributed by atoms with Crippen molar-refractivity contribution in [1.82, 2.24) is 5.32 Å². The van der Waals surface area contributed by atoms with Gasteiger partial charge in [0.05, 0.1) is 12.8 Å². The van der Waals surface area contributed by atoms with Crippen molar-refractivity contribution in [2.75, 3.05) is 12.4 Å². The minimum absolute atomic E-state index is 0.0782. The molecule has 34 heavy (non-hydrogen) atoms. The van der Waals surface area contributed by atoms with Gasteiger partial charge in [0, 0.05) is 40.9 Å². The average molecular weight is 469 g/mol. The van der Waals surface area contributed by atoms with Crippen LogP contribution in [0.2, 0.25) is 0 Å². The molecule has 0 fully saturated rings. The third kappa shape index (κ3) is 4.27. The lowest BCUT2D eigenvalue weighted by atomic mass is 9.68. The Labute approximate surface area is 196 Å². The quantitative estimate of drug-likeness (QED) is 0.593. The maximum atomic E-state index is 14.3. The summed E-state index contributed by atoms with van der Waals surface area (Å²) in [7, 11) is 1.41. The zero-order valence-corrected chi connectivity index (χ0v) is 19.4. The van der Waals surface area contributed by atoms with Crippen molar-refractivity contribution < 1.29 is 28.2 Å². The standard InChI is InChI=1S/C26H26F2N2O4/c1-13-22(25(33)30-17-7-6-15(27)10-16(17)28)23(14-5-8-19(31)21(9-14)34-4)24-18(29-13)11-26(2,3)12-20(24)32/h5-10,23,29,31H,11-12H2,1-4H3,(H,30,33)/t23-/m0/s1. The highest BCUT2D eigenvalue weighted by Gasteiger charge is 2.43. The molecule has 1 aliphatic heterocycles. The molecule has 0 saturated heterocycles. The Morgan fingerprint density at radius 1 is 1.18 bits per heavy atom. The minimum Gasteiger partial charge on any atom is -0.504 e. The molecule has 6 nitrogen and oxygen atoms in total. The Hall–Kier alpha value is -3.68. The van der Waals surface area contributed by atoms with E-state index in [0.29, 0.717) is 35.7 Å². The molecule has 1 atom stereocenters. The number of methoxy groups -OCH3 is 1. The third-order valence-corrected chi connectivity index (χ3v) is 6.20. The zero-order chi connectivity index (χ0) is 24.8. The second-order valence-corrected chi connectivity index (χ2v) is 9.44. The first-order valence-electron chi connectivity index (χ1n) is 10.9. The number of Topliss-reactive ketones (excluding diaryl/α,β-unsaturated/α-hetero) is 1. The van der Waals surface area contributed by atoms with E-state index in [1.165, 1.54) is 13.2 Å². The highest BCUT2D eigenvalue weighted by atomic mass is 19.1. The number of anilines is 1. The normalized spacial score (nSPS) is 19.5. The molecule has 0 unspecified atom stereocenters. The number of ketones is 1. The van der Waals surface area contributed by atoms with Crippen LogP contribution in [0.4, 0.5) is 14.5 Å². The number of nitrogens with one attached hydrogen (secondary N) is 2. The van der Waals surface area contributed by atoms with E-state index in [1.807, 2.05) is 13.8 Å². The van der Waals surface area contributed by atoms with Gasteiger partial charge >= 0.3 is 0 Å². The van der Waals surface area contributed by atoms with Crippen molar-refractivity contribution in [2.45, 2.75) is 39.5 Å². The predicted octanol–water partition coefficient (Wildman–Crippen LogP) is 4.92. The molecule has 0 saturated carbocycles. The van der Waals surface area contributed by atoms with Gasteiger partial charge in [-0.1, -0.05) is 19.9 Å². The van der Waals surface area contributed by atoms with E-state index >= 15 is 0 Å². The maximum Gasteiger partial charge on any atom is 0.254 e. The number of dihydropyridines is 1. The number of phenols is 1. The molecule has 2 aliphatic rings. The largest absolute Gasteiger partial charge is 0.504 e. The molecular weight excluding hydrogens is 442 g/mol. The molecule has 8 heteroatoms. The fraction of sp³-hybridized carbons (Fsp3) is 0.308.